The molecule has 13 heavy (non-hydrogen) atoms. The Balaban J connectivity index is 0.00000144. The maximum atomic E-state index is 11.4. The van der Waals surface area contributed by atoms with Crippen molar-refractivity contribution in [1.29, 1.82) is 0 Å². The highest BCUT2D eigenvalue weighted by molar-refractivity contribution is 7.89. The molecule has 0 aliphatic carbocycles. The lowest BCUT2D eigenvalue weighted by Gasteiger charge is -2.09. The van der Waals surface area contributed by atoms with Gasteiger partial charge in [0.05, 0.1) is 0 Å². The van der Waals surface area contributed by atoms with Crippen molar-refractivity contribution in [2.75, 3.05) is 14.1 Å². The largest absolute Gasteiger partial charge is 0.263 e. The van der Waals surface area contributed by atoms with Crippen molar-refractivity contribution >= 4 is 22.4 Å². The Morgan fingerprint density at radius 1 is 1.38 bits per heavy atom. The lowest BCUT2D eigenvalue weighted by molar-refractivity contribution is 0.520. The first-order valence-corrected chi connectivity index (χ1v) is 4.81. The quantitative estimate of drug-likeness (QED) is 0.742. The average molecular weight is 223 g/mol. The molecule has 0 saturated heterocycles. The van der Waals surface area contributed by atoms with Gasteiger partial charge in [0.1, 0.15) is 4.90 Å². The van der Waals surface area contributed by atoms with Gasteiger partial charge in [-0.05, 0) is 12.1 Å². The van der Waals surface area contributed by atoms with E-state index in [1.54, 1.807) is 6.07 Å². The molecule has 1 rings (SSSR count). The minimum Gasteiger partial charge on any atom is -0.263 e. The molecule has 0 saturated carbocycles. The number of rotatable bonds is 2. The van der Waals surface area contributed by atoms with E-state index in [1.807, 2.05) is 0 Å². The minimum atomic E-state index is -3.31. The fourth-order valence-corrected chi connectivity index (χ4v) is 1.58. The van der Waals surface area contributed by atoms with Crippen molar-refractivity contribution in [3.63, 3.8) is 0 Å². The van der Waals surface area contributed by atoms with Gasteiger partial charge in [-0.3, -0.25) is 4.98 Å². The molecule has 1 heterocycles. The first-order valence-electron chi connectivity index (χ1n) is 3.37. The number of halogens is 1. The van der Waals surface area contributed by atoms with E-state index in [9.17, 15) is 8.42 Å². The van der Waals surface area contributed by atoms with Crippen molar-refractivity contribution < 1.29 is 8.42 Å². The van der Waals surface area contributed by atoms with E-state index in [-0.39, 0.29) is 17.3 Å². The fourth-order valence-electron chi connectivity index (χ4n) is 0.710. The van der Waals surface area contributed by atoms with Crippen LogP contribution in [0, 0.1) is 0 Å². The molecule has 0 N–H and O–H groups in total. The first kappa shape index (κ1) is 12.3. The van der Waals surface area contributed by atoms with Crippen molar-refractivity contribution in [2.24, 2.45) is 0 Å². The third-order valence-corrected chi connectivity index (χ3v) is 3.21. The van der Waals surface area contributed by atoms with Gasteiger partial charge in [-0.2, -0.15) is 0 Å². The van der Waals surface area contributed by atoms with E-state index in [4.69, 9.17) is 0 Å². The Hall–Kier alpha value is -0.650. The van der Waals surface area contributed by atoms with Crippen LogP contribution in [0.25, 0.3) is 0 Å². The van der Waals surface area contributed by atoms with E-state index in [0.29, 0.717) is 0 Å². The zero-order valence-corrected chi connectivity index (χ0v) is 8.97. The zero-order valence-electron chi connectivity index (χ0n) is 7.34. The maximum absolute atomic E-state index is 11.4. The predicted molar refractivity (Wildman–Crippen MR) is 52.4 cm³/mol. The van der Waals surface area contributed by atoms with Gasteiger partial charge in [-0.15, -0.1) is 12.4 Å². The lowest BCUT2D eigenvalue weighted by Crippen LogP contribution is -2.22. The summed E-state index contributed by atoms with van der Waals surface area (Å²) in [6, 6.07) is 3.11. The molecule has 0 spiro atoms. The predicted octanol–water partition coefficient (Wildman–Crippen LogP) is 0.754. The Morgan fingerprint density at radius 2 is 2.00 bits per heavy atom. The Kier molecular flexibility index (Phi) is 4.32. The van der Waals surface area contributed by atoms with E-state index in [2.05, 4.69) is 4.98 Å². The van der Waals surface area contributed by atoms with E-state index in [0.717, 1.165) is 4.31 Å². The molecule has 0 amide bonds. The van der Waals surface area contributed by atoms with Crippen LogP contribution in [0.4, 0.5) is 0 Å². The standard InChI is InChI=1S/C7H10N2O2S.ClH/c1-9(2)12(10,11)7-4-3-5-8-6-7;/h3-6H,1-2H3;1H. The van der Waals surface area contributed by atoms with Gasteiger partial charge in [0.15, 0.2) is 0 Å². The Morgan fingerprint density at radius 3 is 2.38 bits per heavy atom. The smallest absolute Gasteiger partial charge is 0.244 e. The molecule has 6 heteroatoms. The van der Waals surface area contributed by atoms with Crippen LogP contribution in [0.1, 0.15) is 0 Å². The highest BCUT2D eigenvalue weighted by atomic mass is 35.5. The monoisotopic (exact) mass is 222 g/mol. The first-order chi connectivity index (χ1) is 5.55. The van der Waals surface area contributed by atoms with Gasteiger partial charge >= 0.3 is 0 Å². The normalized spacial score (nSPS) is 11.0. The molecule has 4 nitrogen and oxygen atoms in total. The SMILES string of the molecule is CN(C)S(=O)(=O)c1cccnc1.Cl. The van der Waals surface area contributed by atoms with Gasteiger partial charge in [0.25, 0.3) is 0 Å². The summed E-state index contributed by atoms with van der Waals surface area (Å²) in [6.45, 7) is 0. The van der Waals surface area contributed by atoms with Crippen LogP contribution in [-0.2, 0) is 10.0 Å². The Bertz CT molecular complexity index is 350. The van der Waals surface area contributed by atoms with E-state index < -0.39 is 10.0 Å². The summed E-state index contributed by atoms with van der Waals surface area (Å²) < 4.78 is 24.0. The molecule has 0 bridgehead atoms. The van der Waals surface area contributed by atoms with Gasteiger partial charge in [-0.25, -0.2) is 12.7 Å². The van der Waals surface area contributed by atoms with Crippen LogP contribution in [0.2, 0.25) is 0 Å². The highest BCUT2D eigenvalue weighted by Gasteiger charge is 2.15. The highest BCUT2D eigenvalue weighted by Crippen LogP contribution is 2.09. The number of sulfonamides is 1. The van der Waals surface area contributed by atoms with Crippen LogP contribution in [-0.4, -0.2) is 31.8 Å². The number of nitrogens with zero attached hydrogens (tertiary/aromatic N) is 2. The van der Waals surface area contributed by atoms with E-state index in [1.165, 1.54) is 32.6 Å². The summed E-state index contributed by atoms with van der Waals surface area (Å²) in [5.41, 5.74) is 0. The third-order valence-electron chi connectivity index (χ3n) is 1.41. The molecule has 0 fully saturated rings. The van der Waals surface area contributed by atoms with Crippen LogP contribution < -0.4 is 0 Å². The molecule has 0 radical (unpaired) electrons. The van der Waals surface area contributed by atoms with Crippen LogP contribution in [0.3, 0.4) is 0 Å². The Labute approximate surface area is 84.1 Å². The van der Waals surface area contributed by atoms with Crippen LogP contribution >= 0.6 is 12.4 Å². The fraction of sp³-hybridized carbons (Fsp3) is 0.286. The molecular formula is C7H11ClN2O2S. The number of hydrogen-bond donors (Lipinski definition) is 0. The maximum Gasteiger partial charge on any atom is 0.244 e. The molecule has 1 aromatic heterocycles. The summed E-state index contributed by atoms with van der Waals surface area (Å²) in [5.74, 6) is 0. The third kappa shape index (κ3) is 2.65. The number of hydrogen-bond acceptors (Lipinski definition) is 3. The van der Waals surface area contributed by atoms with Gasteiger partial charge < -0.3 is 0 Å². The summed E-state index contributed by atoms with van der Waals surface area (Å²) in [7, 11) is -0.329. The van der Waals surface area contributed by atoms with Crippen molar-refractivity contribution in [3.8, 4) is 0 Å². The van der Waals surface area contributed by atoms with Gasteiger partial charge in [-0.1, -0.05) is 0 Å². The molecular weight excluding hydrogens is 212 g/mol. The summed E-state index contributed by atoms with van der Waals surface area (Å²) in [5, 5.41) is 0. The number of pyridine rings is 1. The summed E-state index contributed by atoms with van der Waals surface area (Å²) in [6.07, 6.45) is 2.87. The molecule has 0 atom stereocenters. The second-order valence-electron chi connectivity index (χ2n) is 2.48. The van der Waals surface area contributed by atoms with Crippen LogP contribution in [0.5, 0.6) is 0 Å². The van der Waals surface area contributed by atoms with Crippen molar-refractivity contribution in [1.82, 2.24) is 9.29 Å². The van der Waals surface area contributed by atoms with Gasteiger partial charge in [0.2, 0.25) is 10.0 Å². The van der Waals surface area contributed by atoms with E-state index >= 15 is 0 Å². The second kappa shape index (κ2) is 4.55. The lowest BCUT2D eigenvalue weighted by atomic mass is 10.5. The molecule has 0 aromatic carbocycles. The van der Waals surface area contributed by atoms with Crippen molar-refractivity contribution in [2.45, 2.75) is 4.90 Å². The molecule has 0 unspecified atom stereocenters. The minimum absolute atomic E-state index is 0. The van der Waals surface area contributed by atoms with Gasteiger partial charge in [0, 0.05) is 26.5 Å². The zero-order chi connectivity index (χ0) is 9.19. The molecule has 0 aliphatic heterocycles. The summed E-state index contributed by atoms with van der Waals surface area (Å²) in [4.78, 5) is 3.95. The summed E-state index contributed by atoms with van der Waals surface area (Å²) >= 11 is 0. The molecule has 1 aromatic rings. The molecule has 0 aliphatic rings. The second-order valence-corrected chi connectivity index (χ2v) is 4.63. The topological polar surface area (TPSA) is 50.3 Å². The average Bonchev–Trinajstić information content (AvgIpc) is 2.06. The van der Waals surface area contributed by atoms with Crippen molar-refractivity contribution in [3.05, 3.63) is 24.5 Å². The number of aromatic nitrogens is 1. The molecule has 74 valence electrons. The van der Waals surface area contributed by atoms with Crippen LogP contribution in [0.15, 0.2) is 29.4 Å².